The number of hydrogen-bond acceptors (Lipinski definition) is 5. The summed E-state index contributed by atoms with van der Waals surface area (Å²) < 4.78 is 7.14. The molecule has 0 aliphatic carbocycles. The number of fused-ring (bicyclic) bond motifs is 1. The van der Waals surface area contributed by atoms with E-state index >= 15 is 0 Å². The summed E-state index contributed by atoms with van der Waals surface area (Å²) in [4.78, 5) is 22.5. The Labute approximate surface area is 190 Å². The van der Waals surface area contributed by atoms with E-state index < -0.39 is 0 Å². The summed E-state index contributed by atoms with van der Waals surface area (Å²) in [6.45, 7) is 0.546. The third kappa shape index (κ3) is 4.16. The molecule has 0 saturated carbocycles. The monoisotopic (exact) mass is 435 g/mol. The second-order valence-corrected chi connectivity index (χ2v) is 7.45. The van der Waals surface area contributed by atoms with Gasteiger partial charge in [0, 0.05) is 11.8 Å². The van der Waals surface area contributed by atoms with Crippen LogP contribution in [0.4, 0.5) is 5.82 Å². The average molecular weight is 435 g/mol. The van der Waals surface area contributed by atoms with Crippen LogP contribution in [0.2, 0.25) is 0 Å². The molecule has 0 aliphatic heterocycles. The molecule has 162 valence electrons. The van der Waals surface area contributed by atoms with Gasteiger partial charge in [0.15, 0.2) is 17.2 Å². The van der Waals surface area contributed by atoms with Crippen LogP contribution in [0.25, 0.3) is 22.3 Å². The van der Waals surface area contributed by atoms with Crippen molar-refractivity contribution in [2.45, 2.75) is 6.54 Å². The van der Waals surface area contributed by atoms with Crippen LogP contribution in [0, 0.1) is 0 Å². The largest absolute Gasteiger partial charge is 0.493 e. The lowest BCUT2D eigenvalue weighted by Gasteiger charge is -2.11. The van der Waals surface area contributed by atoms with E-state index in [0.717, 1.165) is 11.1 Å². The smallest absolute Gasteiger partial charge is 0.257 e. The molecule has 0 fully saturated rings. The number of anilines is 1. The second kappa shape index (κ2) is 8.92. The van der Waals surface area contributed by atoms with Crippen LogP contribution in [0.3, 0.4) is 0 Å². The fourth-order valence-electron chi connectivity index (χ4n) is 3.69. The van der Waals surface area contributed by atoms with E-state index in [1.807, 2.05) is 65.3 Å². The van der Waals surface area contributed by atoms with Gasteiger partial charge in [0.25, 0.3) is 5.91 Å². The summed E-state index contributed by atoms with van der Waals surface area (Å²) in [6, 6.07) is 25.1. The van der Waals surface area contributed by atoms with Gasteiger partial charge in [-0.3, -0.25) is 4.79 Å². The molecule has 7 nitrogen and oxygen atoms in total. The summed E-state index contributed by atoms with van der Waals surface area (Å²) in [5.74, 6) is 0.531. The Morgan fingerprint density at radius 3 is 2.52 bits per heavy atom. The van der Waals surface area contributed by atoms with E-state index in [4.69, 9.17) is 9.72 Å². The van der Waals surface area contributed by atoms with Crippen molar-refractivity contribution in [1.82, 2.24) is 19.7 Å². The molecule has 0 spiro atoms. The SMILES string of the molecule is COc1cccnc1NC(=O)c1cc(-c2ccccc2)nc2c1cnn2Cc1ccccc1. The van der Waals surface area contributed by atoms with E-state index in [-0.39, 0.29) is 5.91 Å². The number of methoxy groups -OCH3 is 1. The van der Waals surface area contributed by atoms with Crippen LogP contribution >= 0.6 is 0 Å². The maximum absolute atomic E-state index is 13.4. The molecule has 3 heterocycles. The van der Waals surface area contributed by atoms with Gasteiger partial charge in [-0.1, -0.05) is 60.7 Å². The van der Waals surface area contributed by atoms with Crippen molar-refractivity contribution in [2.24, 2.45) is 0 Å². The molecule has 1 amide bonds. The standard InChI is InChI=1S/C26H21N5O2/c1-33-23-13-8-14-27-24(23)30-26(32)20-15-22(19-11-6-3-7-12-19)29-25-21(20)16-28-31(25)17-18-9-4-2-5-10-18/h2-16H,17H2,1H3,(H,27,30,32). The van der Waals surface area contributed by atoms with Gasteiger partial charge in [0.2, 0.25) is 0 Å². The predicted molar refractivity (Wildman–Crippen MR) is 127 cm³/mol. The lowest BCUT2D eigenvalue weighted by atomic mass is 10.1. The average Bonchev–Trinajstić information content (AvgIpc) is 3.27. The highest BCUT2D eigenvalue weighted by Gasteiger charge is 2.19. The first kappa shape index (κ1) is 20.4. The van der Waals surface area contributed by atoms with Crippen molar-refractivity contribution in [3.05, 3.63) is 102 Å². The van der Waals surface area contributed by atoms with Crippen LogP contribution in [-0.2, 0) is 6.54 Å². The minimum atomic E-state index is -0.309. The third-order valence-electron chi connectivity index (χ3n) is 5.32. The Hall–Kier alpha value is -4.52. The molecule has 1 N–H and O–H groups in total. The molecule has 5 rings (SSSR count). The van der Waals surface area contributed by atoms with Crippen molar-refractivity contribution in [3.63, 3.8) is 0 Å². The molecular formula is C26H21N5O2. The molecular weight excluding hydrogens is 414 g/mol. The zero-order valence-corrected chi connectivity index (χ0v) is 18.0. The Balaban J connectivity index is 1.61. The number of nitrogens with one attached hydrogen (secondary N) is 1. The van der Waals surface area contributed by atoms with Crippen LogP contribution in [0.1, 0.15) is 15.9 Å². The van der Waals surface area contributed by atoms with Gasteiger partial charge in [-0.25, -0.2) is 14.6 Å². The highest BCUT2D eigenvalue weighted by atomic mass is 16.5. The van der Waals surface area contributed by atoms with Gasteiger partial charge in [-0.2, -0.15) is 5.10 Å². The minimum Gasteiger partial charge on any atom is -0.493 e. The van der Waals surface area contributed by atoms with Gasteiger partial charge in [0.1, 0.15) is 0 Å². The van der Waals surface area contributed by atoms with Crippen molar-refractivity contribution >= 4 is 22.8 Å². The summed E-state index contributed by atoms with van der Waals surface area (Å²) in [5.41, 5.74) is 3.80. The highest BCUT2D eigenvalue weighted by molar-refractivity contribution is 6.12. The molecule has 0 atom stereocenters. The predicted octanol–water partition coefficient (Wildman–Crippen LogP) is 4.80. The Kier molecular flexibility index (Phi) is 5.51. The topological polar surface area (TPSA) is 81.9 Å². The number of nitrogens with zero attached hydrogens (tertiary/aromatic N) is 4. The minimum absolute atomic E-state index is 0.309. The number of aromatic nitrogens is 4. The van der Waals surface area contributed by atoms with Crippen LogP contribution < -0.4 is 10.1 Å². The molecule has 3 aromatic heterocycles. The highest BCUT2D eigenvalue weighted by Crippen LogP contribution is 2.27. The Bertz CT molecular complexity index is 1420. The van der Waals surface area contributed by atoms with Gasteiger partial charge in [-0.05, 0) is 23.8 Å². The number of carbonyl (C=O) groups is 1. The van der Waals surface area contributed by atoms with Crippen LogP contribution in [-0.4, -0.2) is 32.8 Å². The first-order valence-electron chi connectivity index (χ1n) is 10.5. The molecule has 0 radical (unpaired) electrons. The van der Waals surface area contributed by atoms with Gasteiger partial charge >= 0.3 is 0 Å². The third-order valence-corrected chi connectivity index (χ3v) is 5.32. The fraction of sp³-hybridized carbons (Fsp3) is 0.0769. The van der Waals surface area contributed by atoms with E-state index in [2.05, 4.69) is 15.4 Å². The molecule has 33 heavy (non-hydrogen) atoms. The number of carbonyl (C=O) groups excluding carboxylic acids is 1. The summed E-state index contributed by atoms with van der Waals surface area (Å²) in [7, 11) is 1.54. The zero-order chi connectivity index (χ0) is 22.6. The number of hydrogen-bond donors (Lipinski definition) is 1. The van der Waals surface area contributed by atoms with E-state index in [9.17, 15) is 4.79 Å². The summed E-state index contributed by atoms with van der Waals surface area (Å²) in [6.07, 6.45) is 3.29. The molecule has 0 unspecified atom stereocenters. The van der Waals surface area contributed by atoms with Crippen molar-refractivity contribution in [3.8, 4) is 17.0 Å². The van der Waals surface area contributed by atoms with Crippen LogP contribution in [0.5, 0.6) is 5.75 Å². The Morgan fingerprint density at radius 1 is 1.00 bits per heavy atom. The van der Waals surface area contributed by atoms with Gasteiger partial charge in [-0.15, -0.1) is 0 Å². The molecule has 0 saturated heterocycles. The number of benzene rings is 2. The zero-order valence-electron chi connectivity index (χ0n) is 18.0. The van der Waals surface area contributed by atoms with E-state index in [0.29, 0.717) is 40.4 Å². The number of rotatable bonds is 6. The van der Waals surface area contributed by atoms with Gasteiger partial charge in [0.05, 0.1) is 36.5 Å². The lowest BCUT2D eigenvalue weighted by Crippen LogP contribution is -2.15. The lowest BCUT2D eigenvalue weighted by molar-refractivity contribution is 0.102. The number of pyridine rings is 2. The van der Waals surface area contributed by atoms with Crippen molar-refractivity contribution < 1.29 is 9.53 Å². The maximum Gasteiger partial charge on any atom is 0.257 e. The Morgan fingerprint density at radius 2 is 1.76 bits per heavy atom. The number of amides is 1. The molecule has 0 bridgehead atoms. The van der Waals surface area contributed by atoms with Crippen molar-refractivity contribution in [2.75, 3.05) is 12.4 Å². The summed E-state index contributed by atoms with van der Waals surface area (Å²) >= 11 is 0. The molecule has 7 heteroatoms. The van der Waals surface area contributed by atoms with E-state index in [1.165, 1.54) is 0 Å². The number of ether oxygens (including phenoxy) is 1. The summed E-state index contributed by atoms with van der Waals surface area (Å²) in [5, 5.41) is 8.08. The first-order chi connectivity index (χ1) is 16.2. The van der Waals surface area contributed by atoms with Crippen molar-refractivity contribution in [1.29, 1.82) is 0 Å². The molecule has 2 aromatic carbocycles. The fourth-order valence-corrected chi connectivity index (χ4v) is 3.69. The first-order valence-corrected chi connectivity index (χ1v) is 10.5. The maximum atomic E-state index is 13.4. The molecule has 0 aliphatic rings. The van der Waals surface area contributed by atoms with Crippen LogP contribution in [0.15, 0.2) is 91.3 Å². The normalized spacial score (nSPS) is 10.8. The van der Waals surface area contributed by atoms with E-state index in [1.54, 1.807) is 37.7 Å². The van der Waals surface area contributed by atoms with Gasteiger partial charge < -0.3 is 10.1 Å². The molecule has 5 aromatic rings. The second-order valence-electron chi connectivity index (χ2n) is 7.45. The quantitative estimate of drug-likeness (QED) is 0.414.